The first-order valence-corrected chi connectivity index (χ1v) is 9.93. The SMILES string of the molecule is C=C(C)COCCCCCCCCCCC(C(=O)O)P(=O)(O)O. The van der Waals surface area contributed by atoms with Gasteiger partial charge in [0.1, 0.15) is 0 Å². The van der Waals surface area contributed by atoms with E-state index in [9.17, 15) is 9.36 Å². The lowest BCUT2D eigenvalue weighted by molar-refractivity contribution is -0.137. The van der Waals surface area contributed by atoms with Crippen molar-refractivity contribution in [1.82, 2.24) is 0 Å². The Morgan fingerprint density at radius 1 is 1.04 bits per heavy atom. The zero-order valence-corrected chi connectivity index (χ0v) is 15.0. The highest BCUT2D eigenvalue weighted by Gasteiger charge is 2.34. The van der Waals surface area contributed by atoms with Crippen LogP contribution in [0.5, 0.6) is 0 Å². The van der Waals surface area contributed by atoms with Crippen molar-refractivity contribution < 1.29 is 29.0 Å². The van der Waals surface area contributed by atoms with Gasteiger partial charge in [-0.2, -0.15) is 0 Å². The standard InChI is InChI=1S/C16H31O6P/c1-14(2)13-22-12-10-8-6-4-3-5-7-9-11-15(16(17)18)23(19,20)21/h15H,1,3-13H2,2H3,(H,17,18)(H2,19,20,21). The molecule has 136 valence electrons. The predicted octanol–water partition coefficient (Wildman–Crippen LogP) is 3.72. The maximum Gasteiger partial charge on any atom is 0.339 e. The van der Waals surface area contributed by atoms with Gasteiger partial charge in [0, 0.05) is 6.61 Å². The second kappa shape index (κ2) is 12.7. The summed E-state index contributed by atoms with van der Waals surface area (Å²) in [6, 6.07) is 0. The van der Waals surface area contributed by atoms with Crippen LogP contribution in [0.15, 0.2) is 12.2 Å². The highest BCUT2D eigenvalue weighted by molar-refractivity contribution is 7.53. The molecule has 23 heavy (non-hydrogen) atoms. The van der Waals surface area contributed by atoms with Crippen molar-refractivity contribution in [1.29, 1.82) is 0 Å². The van der Waals surface area contributed by atoms with E-state index in [0.717, 1.165) is 57.1 Å². The minimum Gasteiger partial charge on any atom is -0.481 e. The van der Waals surface area contributed by atoms with Crippen LogP contribution in [0.25, 0.3) is 0 Å². The quantitative estimate of drug-likeness (QED) is 0.236. The molecule has 6 nitrogen and oxygen atoms in total. The number of rotatable bonds is 15. The second-order valence-corrected chi connectivity index (χ2v) is 7.87. The lowest BCUT2D eigenvalue weighted by Gasteiger charge is -2.13. The van der Waals surface area contributed by atoms with Crippen LogP contribution in [0.1, 0.15) is 64.7 Å². The van der Waals surface area contributed by atoms with Crippen molar-refractivity contribution in [3.63, 3.8) is 0 Å². The second-order valence-electron chi connectivity index (χ2n) is 6.07. The highest BCUT2D eigenvalue weighted by atomic mass is 31.2. The molecule has 7 heteroatoms. The molecule has 0 aromatic heterocycles. The molecule has 0 rings (SSSR count). The summed E-state index contributed by atoms with van der Waals surface area (Å²) >= 11 is 0. The highest BCUT2D eigenvalue weighted by Crippen LogP contribution is 2.43. The zero-order chi connectivity index (χ0) is 17.7. The van der Waals surface area contributed by atoms with Gasteiger partial charge in [-0.15, -0.1) is 0 Å². The van der Waals surface area contributed by atoms with Crippen molar-refractivity contribution >= 4 is 13.6 Å². The van der Waals surface area contributed by atoms with Gasteiger partial charge in [-0.1, -0.05) is 57.1 Å². The van der Waals surface area contributed by atoms with Gasteiger partial charge in [-0.05, 0) is 19.8 Å². The van der Waals surface area contributed by atoms with Crippen LogP contribution >= 0.6 is 7.60 Å². The number of ether oxygens (including phenoxy) is 1. The Hall–Kier alpha value is -0.680. The molecule has 0 aromatic carbocycles. The summed E-state index contributed by atoms with van der Waals surface area (Å²) in [4.78, 5) is 28.7. The number of aliphatic carboxylic acids is 1. The molecule has 0 amide bonds. The van der Waals surface area contributed by atoms with Gasteiger partial charge in [0.15, 0.2) is 5.66 Å². The van der Waals surface area contributed by atoms with Gasteiger partial charge < -0.3 is 19.6 Å². The van der Waals surface area contributed by atoms with E-state index in [-0.39, 0.29) is 6.42 Å². The molecule has 0 saturated carbocycles. The molecular weight excluding hydrogens is 319 g/mol. The van der Waals surface area contributed by atoms with Crippen molar-refractivity contribution in [3.8, 4) is 0 Å². The predicted molar refractivity (Wildman–Crippen MR) is 90.7 cm³/mol. The molecule has 0 aliphatic carbocycles. The average molecular weight is 350 g/mol. The van der Waals surface area contributed by atoms with Crippen LogP contribution in [-0.4, -0.2) is 39.7 Å². The van der Waals surface area contributed by atoms with Crippen molar-refractivity contribution in [2.75, 3.05) is 13.2 Å². The molecule has 0 aliphatic heterocycles. The van der Waals surface area contributed by atoms with Crippen LogP contribution < -0.4 is 0 Å². The van der Waals surface area contributed by atoms with E-state index in [1.54, 1.807) is 0 Å². The third kappa shape index (κ3) is 13.5. The minimum absolute atomic E-state index is 0.0413. The van der Waals surface area contributed by atoms with Gasteiger partial charge in [0.2, 0.25) is 0 Å². The van der Waals surface area contributed by atoms with E-state index in [0.29, 0.717) is 13.0 Å². The number of carboxylic acid groups (broad SMARTS) is 1. The third-order valence-corrected chi connectivity index (χ3v) is 4.85. The van der Waals surface area contributed by atoms with Gasteiger partial charge in [0.25, 0.3) is 0 Å². The fourth-order valence-electron chi connectivity index (χ4n) is 2.28. The van der Waals surface area contributed by atoms with Gasteiger partial charge in [0.05, 0.1) is 6.61 Å². The average Bonchev–Trinajstić information content (AvgIpc) is 2.41. The lowest BCUT2D eigenvalue weighted by atomic mass is 10.1. The Morgan fingerprint density at radius 3 is 1.96 bits per heavy atom. The van der Waals surface area contributed by atoms with E-state index >= 15 is 0 Å². The number of hydrogen-bond acceptors (Lipinski definition) is 3. The Balaban J connectivity index is 3.44. The summed E-state index contributed by atoms with van der Waals surface area (Å²) in [5.74, 6) is -1.41. The van der Waals surface area contributed by atoms with E-state index in [1.807, 2.05) is 6.92 Å². The number of hydrogen-bond donors (Lipinski definition) is 3. The first kappa shape index (κ1) is 22.3. The molecular formula is C16H31O6P. The van der Waals surface area contributed by atoms with E-state index in [1.165, 1.54) is 0 Å². The summed E-state index contributed by atoms with van der Waals surface area (Å²) in [5, 5.41) is 8.79. The van der Waals surface area contributed by atoms with Gasteiger partial charge in [-0.3, -0.25) is 9.36 Å². The summed E-state index contributed by atoms with van der Waals surface area (Å²) in [5.41, 5.74) is -0.518. The molecule has 1 atom stereocenters. The van der Waals surface area contributed by atoms with Crippen molar-refractivity contribution in [2.24, 2.45) is 0 Å². The van der Waals surface area contributed by atoms with Crippen LogP contribution in [-0.2, 0) is 14.1 Å². The molecule has 0 bridgehead atoms. The monoisotopic (exact) mass is 350 g/mol. The molecule has 0 radical (unpaired) electrons. The van der Waals surface area contributed by atoms with E-state index in [4.69, 9.17) is 19.6 Å². The Labute approximate surface area is 139 Å². The topological polar surface area (TPSA) is 104 Å². The first-order valence-electron chi connectivity index (χ1n) is 8.25. The summed E-state index contributed by atoms with van der Waals surface area (Å²) < 4.78 is 16.4. The fourth-order valence-corrected chi connectivity index (χ4v) is 3.09. The summed E-state index contributed by atoms with van der Waals surface area (Å²) in [6.07, 6.45) is 7.89. The minimum atomic E-state index is -4.53. The number of carbonyl (C=O) groups is 1. The first-order chi connectivity index (χ1) is 10.7. The molecule has 1 unspecified atom stereocenters. The Morgan fingerprint density at radius 2 is 1.52 bits per heavy atom. The van der Waals surface area contributed by atoms with Gasteiger partial charge in [-0.25, -0.2) is 0 Å². The summed E-state index contributed by atoms with van der Waals surface area (Å²) in [6.45, 7) is 7.11. The molecule has 0 heterocycles. The molecule has 0 aromatic rings. The maximum atomic E-state index is 11.0. The normalized spacial score (nSPS) is 13.0. The molecule has 0 spiro atoms. The van der Waals surface area contributed by atoms with Crippen molar-refractivity contribution in [2.45, 2.75) is 70.4 Å². The van der Waals surface area contributed by atoms with Crippen LogP contribution in [0.4, 0.5) is 0 Å². The van der Waals surface area contributed by atoms with Crippen molar-refractivity contribution in [3.05, 3.63) is 12.2 Å². The fraction of sp³-hybridized carbons (Fsp3) is 0.812. The number of unbranched alkanes of at least 4 members (excludes halogenated alkanes) is 7. The maximum absolute atomic E-state index is 11.0. The van der Waals surface area contributed by atoms with Crippen LogP contribution in [0.2, 0.25) is 0 Å². The van der Waals surface area contributed by atoms with Crippen LogP contribution in [0.3, 0.4) is 0 Å². The van der Waals surface area contributed by atoms with E-state index < -0.39 is 19.2 Å². The molecule has 3 N–H and O–H groups in total. The number of carboxylic acids is 1. The Kier molecular flexibility index (Phi) is 12.3. The Bertz CT molecular complexity index is 390. The van der Waals surface area contributed by atoms with Gasteiger partial charge >= 0.3 is 13.6 Å². The largest absolute Gasteiger partial charge is 0.481 e. The zero-order valence-electron chi connectivity index (χ0n) is 14.1. The molecule has 0 saturated heterocycles. The molecule has 0 aliphatic rings. The van der Waals surface area contributed by atoms with Crippen LogP contribution in [0, 0.1) is 0 Å². The lowest BCUT2D eigenvalue weighted by Crippen LogP contribution is -2.20. The summed E-state index contributed by atoms with van der Waals surface area (Å²) in [7, 11) is -4.53. The molecule has 0 fully saturated rings. The van der Waals surface area contributed by atoms with E-state index in [2.05, 4.69) is 6.58 Å². The smallest absolute Gasteiger partial charge is 0.339 e. The third-order valence-electron chi connectivity index (χ3n) is 3.56.